The van der Waals surface area contributed by atoms with Crippen LogP contribution in [-0.2, 0) is 11.2 Å². The predicted molar refractivity (Wildman–Crippen MR) is 56.3 cm³/mol. The molecule has 15 heavy (non-hydrogen) atoms. The van der Waals surface area contributed by atoms with Crippen LogP contribution in [-0.4, -0.2) is 29.3 Å². The number of nitrogens with zero attached hydrogens (tertiary/aromatic N) is 1. The number of rotatable bonds is 3. The molecule has 0 aliphatic carbocycles. The molecule has 0 saturated carbocycles. The Morgan fingerprint density at radius 3 is 3.20 bits per heavy atom. The monoisotopic (exact) mass is 227 g/mol. The van der Waals surface area contributed by atoms with Crippen molar-refractivity contribution in [2.24, 2.45) is 5.92 Å². The van der Waals surface area contributed by atoms with E-state index in [0.717, 1.165) is 37.5 Å². The van der Waals surface area contributed by atoms with Crippen LogP contribution < -0.4 is 0 Å². The van der Waals surface area contributed by atoms with Gasteiger partial charge in [0.2, 0.25) is 0 Å². The van der Waals surface area contributed by atoms with Crippen molar-refractivity contribution in [3.8, 4) is 0 Å². The summed E-state index contributed by atoms with van der Waals surface area (Å²) in [6.07, 6.45) is 3.10. The Labute approximate surface area is 91.9 Å². The molecule has 1 aliphatic rings. The summed E-state index contributed by atoms with van der Waals surface area (Å²) in [4.78, 5) is 14.7. The zero-order valence-electron chi connectivity index (χ0n) is 8.31. The molecule has 0 spiro atoms. The molecule has 1 aromatic heterocycles. The molecule has 1 aromatic rings. The minimum atomic E-state index is -0.947. The number of aromatic carboxylic acids is 1. The number of carboxylic acid groups (broad SMARTS) is 1. The SMILES string of the molecule is O=C(O)c1csc(CC2CCCOC2)n1. The number of thiazole rings is 1. The summed E-state index contributed by atoms with van der Waals surface area (Å²) in [5.41, 5.74) is 0.159. The first-order valence-electron chi connectivity index (χ1n) is 5.01. The average Bonchev–Trinajstić information content (AvgIpc) is 2.68. The highest BCUT2D eigenvalue weighted by atomic mass is 32.1. The first kappa shape index (κ1) is 10.6. The van der Waals surface area contributed by atoms with Crippen LogP contribution in [0.2, 0.25) is 0 Å². The Kier molecular flexibility index (Phi) is 3.33. The van der Waals surface area contributed by atoms with Gasteiger partial charge in [-0.15, -0.1) is 11.3 Å². The molecule has 0 radical (unpaired) electrons. The maximum atomic E-state index is 10.6. The fourth-order valence-corrected chi connectivity index (χ4v) is 2.60. The van der Waals surface area contributed by atoms with Gasteiger partial charge in [-0.3, -0.25) is 0 Å². The number of carboxylic acids is 1. The van der Waals surface area contributed by atoms with Crippen LogP contribution in [0.15, 0.2) is 5.38 Å². The van der Waals surface area contributed by atoms with E-state index in [-0.39, 0.29) is 5.69 Å². The highest BCUT2D eigenvalue weighted by Crippen LogP contribution is 2.21. The summed E-state index contributed by atoms with van der Waals surface area (Å²) in [7, 11) is 0. The molecule has 2 heterocycles. The van der Waals surface area contributed by atoms with Crippen LogP contribution in [0.4, 0.5) is 0 Å². The number of carbonyl (C=O) groups is 1. The van der Waals surface area contributed by atoms with Gasteiger partial charge >= 0.3 is 5.97 Å². The van der Waals surface area contributed by atoms with Gasteiger partial charge in [0.15, 0.2) is 5.69 Å². The van der Waals surface area contributed by atoms with Crippen molar-refractivity contribution in [2.75, 3.05) is 13.2 Å². The van der Waals surface area contributed by atoms with E-state index in [1.54, 1.807) is 5.38 Å². The van der Waals surface area contributed by atoms with E-state index in [9.17, 15) is 4.79 Å². The minimum Gasteiger partial charge on any atom is -0.476 e. The van der Waals surface area contributed by atoms with Crippen molar-refractivity contribution >= 4 is 17.3 Å². The van der Waals surface area contributed by atoms with Gasteiger partial charge in [0, 0.05) is 25.0 Å². The lowest BCUT2D eigenvalue weighted by Gasteiger charge is -2.20. The van der Waals surface area contributed by atoms with Gasteiger partial charge in [0.25, 0.3) is 0 Å². The summed E-state index contributed by atoms with van der Waals surface area (Å²) in [6, 6.07) is 0. The fraction of sp³-hybridized carbons (Fsp3) is 0.600. The maximum absolute atomic E-state index is 10.6. The molecule has 0 bridgehead atoms. The fourth-order valence-electron chi connectivity index (χ4n) is 1.72. The van der Waals surface area contributed by atoms with Crippen LogP contribution in [0.25, 0.3) is 0 Å². The molecule has 1 aliphatic heterocycles. The average molecular weight is 227 g/mol. The Morgan fingerprint density at radius 1 is 1.73 bits per heavy atom. The summed E-state index contributed by atoms with van der Waals surface area (Å²) >= 11 is 1.42. The molecule has 2 rings (SSSR count). The zero-order chi connectivity index (χ0) is 10.7. The summed E-state index contributed by atoms with van der Waals surface area (Å²) < 4.78 is 5.37. The third-order valence-corrected chi connectivity index (χ3v) is 3.36. The van der Waals surface area contributed by atoms with Crippen molar-refractivity contribution in [1.82, 2.24) is 4.98 Å². The molecule has 0 amide bonds. The van der Waals surface area contributed by atoms with Crippen molar-refractivity contribution in [3.05, 3.63) is 16.1 Å². The molecule has 1 fully saturated rings. The van der Waals surface area contributed by atoms with Gasteiger partial charge in [-0.1, -0.05) is 0 Å². The molecular formula is C10H13NO3S. The Morgan fingerprint density at radius 2 is 2.60 bits per heavy atom. The van der Waals surface area contributed by atoms with Gasteiger partial charge in [-0.05, 0) is 18.8 Å². The molecule has 4 nitrogen and oxygen atoms in total. The molecular weight excluding hydrogens is 214 g/mol. The maximum Gasteiger partial charge on any atom is 0.355 e. The van der Waals surface area contributed by atoms with E-state index < -0.39 is 5.97 Å². The van der Waals surface area contributed by atoms with E-state index >= 15 is 0 Å². The van der Waals surface area contributed by atoms with E-state index in [1.165, 1.54) is 11.3 Å². The molecule has 1 saturated heterocycles. The summed E-state index contributed by atoms with van der Waals surface area (Å²) in [6.45, 7) is 1.64. The molecule has 1 atom stereocenters. The van der Waals surface area contributed by atoms with Crippen molar-refractivity contribution in [1.29, 1.82) is 0 Å². The van der Waals surface area contributed by atoms with Crippen LogP contribution in [0.3, 0.4) is 0 Å². The number of ether oxygens (including phenoxy) is 1. The Bertz CT molecular complexity index is 344. The number of hydrogen-bond acceptors (Lipinski definition) is 4. The molecule has 82 valence electrons. The van der Waals surface area contributed by atoms with Crippen molar-refractivity contribution < 1.29 is 14.6 Å². The second kappa shape index (κ2) is 4.72. The van der Waals surface area contributed by atoms with Crippen LogP contribution in [0, 0.1) is 5.92 Å². The summed E-state index contributed by atoms with van der Waals surface area (Å²) in [5.74, 6) is -0.441. The van der Waals surface area contributed by atoms with Gasteiger partial charge in [-0.25, -0.2) is 9.78 Å². The molecule has 1 unspecified atom stereocenters. The van der Waals surface area contributed by atoms with Crippen LogP contribution in [0.5, 0.6) is 0 Å². The smallest absolute Gasteiger partial charge is 0.355 e. The lowest BCUT2D eigenvalue weighted by Crippen LogP contribution is -2.19. The normalized spacial score (nSPS) is 21.5. The topological polar surface area (TPSA) is 59.4 Å². The van der Waals surface area contributed by atoms with Crippen LogP contribution in [0.1, 0.15) is 28.3 Å². The molecule has 0 aromatic carbocycles. The minimum absolute atomic E-state index is 0.159. The second-order valence-corrected chi connectivity index (χ2v) is 4.66. The van der Waals surface area contributed by atoms with Crippen LogP contribution >= 0.6 is 11.3 Å². The molecule has 1 N–H and O–H groups in total. The highest BCUT2D eigenvalue weighted by Gasteiger charge is 2.17. The van der Waals surface area contributed by atoms with E-state index in [4.69, 9.17) is 9.84 Å². The molecule has 5 heteroatoms. The van der Waals surface area contributed by atoms with Gasteiger partial charge in [-0.2, -0.15) is 0 Å². The lowest BCUT2D eigenvalue weighted by atomic mass is 9.99. The number of aromatic nitrogens is 1. The van der Waals surface area contributed by atoms with E-state index in [1.807, 2.05) is 0 Å². The van der Waals surface area contributed by atoms with Gasteiger partial charge < -0.3 is 9.84 Å². The predicted octanol–water partition coefficient (Wildman–Crippen LogP) is 1.81. The highest BCUT2D eigenvalue weighted by molar-refractivity contribution is 7.09. The number of hydrogen-bond donors (Lipinski definition) is 1. The largest absolute Gasteiger partial charge is 0.476 e. The second-order valence-electron chi connectivity index (χ2n) is 3.72. The Hall–Kier alpha value is -0.940. The zero-order valence-corrected chi connectivity index (χ0v) is 9.13. The van der Waals surface area contributed by atoms with Gasteiger partial charge in [0.1, 0.15) is 0 Å². The summed E-state index contributed by atoms with van der Waals surface area (Å²) in [5, 5.41) is 11.2. The third kappa shape index (κ3) is 2.76. The first-order chi connectivity index (χ1) is 7.25. The quantitative estimate of drug-likeness (QED) is 0.855. The standard InChI is InChI=1S/C10H13NO3S/c12-10(13)8-6-15-9(11-8)4-7-2-1-3-14-5-7/h6-7H,1-5H2,(H,12,13). The van der Waals surface area contributed by atoms with Gasteiger partial charge in [0.05, 0.1) is 5.01 Å². The Balaban J connectivity index is 1.94. The van der Waals surface area contributed by atoms with E-state index in [0.29, 0.717) is 5.92 Å². The van der Waals surface area contributed by atoms with E-state index in [2.05, 4.69) is 4.98 Å². The first-order valence-corrected chi connectivity index (χ1v) is 5.89. The van der Waals surface area contributed by atoms with Crippen molar-refractivity contribution in [3.63, 3.8) is 0 Å². The third-order valence-electron chi connectivity index (χ3n) is 2.49. The lowest BCUT2D eigenvalue weighted by molar-refractivity contribution is 0.0549. The van der Waals surface area contributed by atoms with Crippen molar-refractivity contribution in [2.45, 2.75) is 19.3 Å².